The maximum absolute atomic E-state index is 11.8. The summed E-state index contributed by atoms with van der Waals surface area (Å²) in [5, 5.41) is 2.03. The Hall–Kier alpha value is -0.150. The van der Waals surface area contributed by atoms with E-state index in [0.717, 1.165) is 22.2 Å². The van der Waals surface area contributed by atoms with E-state index in [1.165, 1.54) is 12.8 Å². The Morgan fingerprint density at radius 3 is 2.79 bits per heavy atom. The second kappa shape index (κ2) is 4.58. The first-order chi connectivity index (χ1) is 6.77. The Labute approximate surface area is 96.6 Å². The maximum Gasteiger partial charge on any atom is 0.140 e. The molecule has 0 amide bonds. The molecule has 1 nitrogen and oxygen atoms in total. The first-order valence-corrected chi connectivity index (χ1v) is 6.69. The van der Waals surface area contributed by atoms with Crippen molar-refractivity contribution in [2.24, 2.45) is 5.92 Å². The molecule has 1 heterocycles. The number of Topliss-reactive ketones (excluding diaryl/α,β-unsaturated/α-hetero) is 1. The molecule has 0 aromatic carbocycles. The summed E-state index contributed by atoms with van der Waals surface area (Å²) in [6.07, 6.45) is 5.32. The fraction of sp³-hybridized carbons (Fsp3) is 0.545. The highest BCUT2D eigenvalue weighted by molar-refractivity contribution is 9.11. The second-order valence-corrected chi connectivity index (χ2v) is 6.08. The van der Waals surface area contributed by atoms with Crippen LogP contribution in [-0.4, -0.2) is 5.78 Å². The van der Waals surface area contributed by atoms with E-state index in [1.54, 1.807) is 11.3 Å². The summed E-state index contributed by atoms with van der Waals surface area (Å²) >= 11 is 5.12. The molecule has 0 bridgehead atoms. The number of carbonyl (C=O) groups excluding carboxylic acids is 1. The molecule has 0 radical (unpaired) electrons. The van der Waals surface area contributed by atoms with E-state index in [0.29, 0.717) is 18.1 Å². The molecule has 3 heteroatoms. The van der Waals surface area contributed by atoms with Crippen LogP contribution in [0.2, 0.25) is 0 Å². The third-order valence-corrected chi connectivity index (χ3v) is 4.68. The lowest BCUT2D eigenvalue weighted by molar-refractivity contribution is -0.122. The van der Waals surface area contributed by atoms with Gasteiger partial charge < -0.3 is 0 Å². The fourth-order valence-electron chi connectivity index (χ4n) is 2.03. The van der Waals surface area contributed by atoms with E-state index >= 15 is 0 Å². The van der Waals surface area contributed by atoms with E-state index < -0.39 is 0 Å². The molecule has 1 aliphatic carbocycles. The molecule has 0 saturated heterocycles. The Morgan fingerprint density at radius 2 is 2.21 bits per heavy atom. The lowest BCUT2D eigenvalue weighted by Gasteiger charge is -2.06. The quantitative estimate of drug-likeness (QED) is 0.818. The van der Waals surface area contributed by atoms with Crippen molar-refractivity contribution in [3.8, 4) is 0 Å². The molecule has 1 saturated carbocycles. The summed E-state index contributed by atoms with van der Waals surface area (Å²) in [6, 6.07) is 2.04. The molecule has 1 aliphatic rings. The second-order valence-electron chi connectivity index (χ2n) is 3.84. The molecule has 1 aromatic rings. The van der Waals surface area contributed by atoms with Gasteiger partial charge in [-0.1, -0.05) is 12.8 Å². The normalized spacial score (nSPS) is 17.5. The van der Waals surface area contributed by atoms with Crippen molar-refractivity contribution in [2.75, 3.05) is 0 Å². The van der Waals surface area contributed by atoms with Crippen molar-refractivity contribution < 1.29 is 4.79 Å². The minimum absolute atomic E-state index is 0.349. The lowest BCUT2D eigenvalue weighted by Crippen LogP contribution is -2.13. The third kappa shape index (κ3) is 2.26. The minimum Gasteiger partial charge on any atom is -0.299 e. The topological polar surface area (TPSA) is 17.1 Å². The fourth-order valence-corrected chi connectivity index (χ4v) is 3.26. The van der Waals surface area contributed by atoms with Crippen LogP contribution in [0.3, 0.4) is 0 Å². The van der Waals surface area contributed by atoms with Crippen molar-refractivity contribution in [3.05, 3.63) is 20.8 Å². The summed E-state index contributed by atoms with van der Waals surface area (Å²) in [7, 11) is 0. The molecule has 1 aromatic heterocycles. The standard InChI is InChI=1S/C11H13BrOS/c12-11-9(5-6-14-11)7-10(13)8-3-1-2-4-8/h5-6,8H,1-4,7H2. The average Bonchev–Trinajstić information content (AvgIpc) is 2.77. The predicted molar refractivity (Wildman–Crippen MR) is 62.7 cm³/mol. The van der Waals surface area contributed by atoms with Crippen LogP contribution in [0.25, 0.3) is 0 Å². The van der Waals surface area contributed by atoms with Crippen LogP contribution in [0.15, 0.2) is 15.2 Å². The van der Waals surface area contributed by atoms with Gasteiger partial charge in [-0.25, -0.2) is 0 Å². The molecular formula is C11H13BrOS. The van der Waals surface area contributed by atoms with E-state index in [9.17, 15) is 4.79 Å². The minimum atomic E-state index is 0.349. The van der Waals surface area contributed by atoms with Gasteiger partial charge in [0.1, 0.15) is 5.78 Å². The van der Waals surface area contributed by atoms with Gasteiger partial charge in [0.25, 0.3) is 0 Å². The van der Waals surface area contributed by atoms with Crippen molar-refractivity contribution >= 4 is 33.0 Å². The zero-order chi connectivity index (χ0) is 9.97. The van der Waals surface area contributed by atoms with Crippen molar-refractivity contribution in [2.45, 2.75) is 32.1 Å². The summed E-state index contributed by atoms with van der Waals surface area (Å²) in [5.41, 5.74) is 1.16. The van der Waals surface area contributed by atoms with Gasteiger partial charge in [0.2, 0.25) is 0 Å². The van der Waals surface area contributed by atoms with Crippen LogP contribution < -0.4 is 0 Å². The molecule has 1 fully saturated rings. The highest BCUT2D eigenvalue weighted by Gasteiger charge is 2.23. The van der Waals surface area contributed by atoms with Gasteiger partial charge >= 0.3 is 0 Å². The molecule has 76 valence electrons. The zero-order valence-corrected chi connectivity index (χ0v) is 10.4. The average molecular weight is 273 g/mol. The molecule has 0 atom stereocenters. The van der Waals surface area contributed by atoms with Gasteiger partial charge in [-0.2, -0.15) is 0 Å². The largest absolute Gasteiger partial charge is 0.299 e. The smallest absolute Gasteiger partial charge is 0.140 e. The molecule has 0 unspecified atom stereocenters. The number of carbonyl (C=O) groups is 1. The van der Waals surface area contributed by atoms with Gasteiger partial charge in [-0.15, -0.1) is 11.3 Å². The van der Waals surface area contributed by atoms with E-state index in [-0.39, 0.29) is 0 Å². The summed E-state index contributed by atoms with van der Waals surface area (Å²) < 4.78 is 1.11. The van der Waals surface area contributed by atoms with E-state index in [2.05, 4.69) is 15.9 Å². The Balaban J connectivity index is 1.97. The van der Waals surface area contributed by atoms with Crippen molar-refractivity contribution in [3.63, 3.8) is 0 Å². The Morgan fingerprint density at radius 1 is 1.50 bits per heavy atom. The molecule has 0 spiro atoms. The molecule has 14 heavy (non-hydrogen) atoms. The van der Waals surface area contributed by atoms with Crippen LogP contribution in [0.1, 0.15) is 31.2 Å². The SMILES string of the molecule is O=C(Cc1ccsc1Br)C1CCCC1. The molecule has 0 N–H and O–H groups in total. The maximum atomic E-state index is 11.8. The van der Waals surface area contributed by atoms with E-state index in [4.69, 9.17) is 0 Å². The number of ketones is 1. The van der Waals surface area contributed by atoms with Crippen LogP contribution >= 0.6 is 27.3 Å². The lowest BCUT2D eigenvalue weighted by atomic mass is 9.98. The van der Waals surface area contributed by atoms with Crippen LogP contribution in [-0.2, 0) is 11.2 Å². The summed E-state index contributed by atoms with van der Waals surface area (Å²) in [5.74, 6) is 0.781. The van der Waals surface area contributed by atoms with Gasteiger partial charge in [0, 0.05) is 12.3 Å². The van der Waals surface area contributed by atoms with Gasteiger partial charge in [-0.05, 0) is 45.8 Å². The van der Waals surface area contributed by atoms with E-state index in [1.807, 2.05) is 11.4 Å². The third-order valence-electron chi connectivity index (χ3n) is 2.87. The van der Waals surface area contributed by atoms with Gasteiger partial charge in [0.15, 0.2) is 0 Å². The Kier molecular flexibility index (Phi) is 3.39. The zero-order valence-electron chi connectivity index (χ0n) is 7.96. The molecular weight excluding hydrogens is 260 g/mol. The first-order valence-electron chi connectivity index (χ1n) is 5.02. The monoisotopic (exact) mass is 272 g/mol. The van der Waals surface area contributed by atoms with Crippen LogP contribution in [0.4, 0.5) is 0 Å². The van der Waals surface area contributed by atoms with Crippen LogP contribution in [0, 0.1) is 5.92 Å². The summed E-state index contributed by atoms with van der Waals surface area (Å²) in [6.45, 7) is 0. The molecule has 2 rings (SSSR count). The summed E-state index contributed by atoms with van der Waals surface area (Å²) in [4.78, 5) is 11.8. The van der Waals surface area contributed by atoms with Crippen molar-refractivity contribution in [1.29, 1.82) is 0 Å². The Bertz CT molecular complexity index is 326. The van der Waals surface area contributed by atoms with Crippen molar-refractivity contribution in [1.82, 2.24) is 0 Å². The number of thiophene rings is 1. The highest BCUT2D eigenvalue weighted by Crippen LogP contribution is 2.29. The number of halogens is 1. The van der Waals surface area contributed by atoms with Gasteiger partial charge in [0.05, 0.1) is 3.79 Å². The number of rotatable bonds is 3. The van der Waals surface area contributed by atoms with Gasteiger partial charge in [-0.3, -0.25) is 4.79 Å². The number of hydrogen-bond donors (Lipinski definition) is 0. The predicted octanol–water partition coefficient (Wildman–Crippen LogP) is 3.81. The van der Waals surface area contributed by atoms with Crippen LogP contribution in [0.5, 0.6) is 0 Å². The first kappa shape index (κ1) is 10.4. The molecule has 0 aliphatic heterocycles. The number of hydrogen-bond acceptors (Lipinski definition) is 2. The highest BCUT2D eigenvalue weighted by atomic mass is 79.9.